The fraction of sp³-hybridized carbons (Fsp3) is 1.00. The maximum Gasteiger partial charge on any atom is 1.00 e. The predicted octanol–water partition coefficient (Wildman–Crippen LogP) is -3.78. The van der Waals surface area contributed by atoms with Crippen molar-refractivity contribution >= 4 is 7.27 Å². The first-order valence-electron chi connectivity index (χ1n) is 2.55. The minimum atomic E-state index is -2.10. The molecule has 0 bridgehead atoms. The SMILES string of the molecule is CCCCB(F)F.[F-].[K+]. The van der Waals surface area contributed by atoms with Crippen LogP contribution in [0.1, 0.15) is 19.8 Å². The molecular formula is C4H9BF3K. The largest absolute Gasteiger partial charge is 1.00 e. The van der Waals surface area contributed by atoms with Crippen LogP contribution in [0.4, 0.5) is 8.63 Å². The van der Waals surface area contributed by atoms with E-state index in [1.165, 1.54) is 0 Å². The third-order valence-corrected chi connectivity index (χ3v) is 0.776. The summed E-state index contributed by atoms with van der Waals surface area (Å²) in [6, 6.07) is 0. The normalized spacial score (nSPS) is 7.00. The van der Waals surface area contributed by atoms with Gasteiger partial charge in [0.05, 0.1) is 0 Å². The molecule has 0 spiro atoms. The topological polar surface area (TPSA) is 0 Å². The van der Waals surface area contributed by atoms with Gasteiger partial charge in [-0.05, 0) is 6.32 Å². The van der Waals surface area contributed by atoms with Crippen LogP contribution in [-0.4, -0.2) is 7.27 Å². The van der Waals surface area contributed by atoms with E-state index in [0.29, 0.717) is 6.42 Å². The molecular weight excluding hydrogens is 155 g/mol. The third-order valence-electron chi connectivity index (χ3n) is 0.776. The van der Waals surface area contributed by atoms with Gasteiger partial charge in [-0.3, -0.25) is 8.63 Å². The summed E-state index contributed by atoms with van der Waals surface area (Å²) in [4.78, 5) is 0. The van der Waals surface area contributed by atoms with Gasteiger partial charge in [-0.15, -0.1) is 0 Å². The van der Waals surface area contributed by atoms with Crippen molar-refractivity contribution in [2.75, 3.05) is 0 Å². The molecule has 0 aromatic heterocycles. The summed E-state index contributed by atoms with van der Waals surface area (Å²) in [6.07, 6.45) is 1.58. The number of unbranched alkanes of at least 4 members (excludes halogenated alkanes) is 1. The zero-order chi connectivity index (χ0) is 5.70. The Morgan fingerprint density at radius 1 is 1.33 bits per heavy atom. The van der Waals surface area contributed by atoms with Crippen LogP contribution >= 0.6 is 0 Å². The molecule has 0 saturated heterocycles. The minimum Gasteiger partial charge on any atom is -1.00 e. The van der Waals surface area contributed by atoms with Gasteiger partial charge in [0.2, 0.25) is 0 Å². The predicted molar refractivity (Wildman–Crippen MR) is 27.7 cm³/mol. The van der Waals surface area contributed by atoms with Crippen molar-refractivity contribution in [3.8, 4) is 0 Å². The second-order valence-corrected chi connectivity index (χ2v) is 1.53. The molecule has 0 aromatic carbocycles. The molecule has 9 heavy (non-hydrogen) atoms. The zero-order valence-electron chi connectivity index (χ0n) is 5.83. The Labute approximate surface area is 96.7 Å². The van der Waals surface area contributed by atoms with Crippen molar-refractivity contribution in [1.82, 2.24) is 0 Å². The molecule has 0 aliphatic heterocycles. The number of halogens is 3. The van der Waals surface area contributed by atoms with Gasteiger partial charge in [-0.1, -0.05) is 19.8 Å². The van der Waals surface area contributed by atoms with Gasteiger partial charge in [0, 0.05) is 0 Å². The van der Waals surface area contributed by atoms with E-state index in [-0.39, 0.29) is 62.4 Å². The van der Waals surface area contributed by atoms with Crippen molar-refractivity contribution in [2.24, 2.45) is 0 Å². The van der Waals surface area contributed by atoms with Gasteiger partial charge in [0.1, 0.15) is 0 Å². The zero-order valence-corrected chi connectivity index (χ0v) is 8.96. The van der Waals surface area contributed by atoms with Gasteiger partial charge >= 0.3 is 58.7 Å². The van der Waals surface area contributed by atoms with E-state index in [0.717, 1.165) is 6.42 Å². The minimum absolute atomic E-state index is 0. The molecule has 0 heterocycles. The smallest absolute Gasteiger partial charge is 1.00 e. The molecule has 0 aliphatic rings. The van der Waals surface area contributed by atoms with Crippen LogP contribution in [0, 0.1) is 0 Å². The fourth-order valence-electron chi connectivity index (χ4n) is 0.358. The molecule has 0 radical (unpaired) electrons. The molecule has 0 unspecified atom stereocenters. The van der Waals surface area contributed by atoms with E-state index in [9.17, 15) is 8.63 Å². The summed E-state index contributed by atoms with van der Waals surface area (Å²) in [5, 5.41) is 0. The Morgan fingerprint density at radius 2 is 1.78 bits per heavy atom. The van der Waals surface area contributed by atoms with E-state index in [1.54, 1.807) is 0 Å². The van der Waals surface area contributed by atoms with Crippen LogP contribution in [0.2, 0.25) is 6.32 Å². The second-order valence-electron chi connectivity index (χ2n) is 1.53. The van der Waals surface area contributed by atoms with Crippen molar-refractivity contribution in [3.63, 3.8) is 0 Å². The van der Waals surface area contributed by atoms with Crippen molar-refractivity contribution < 1.29 is 64.7 Å². The Kier molecular flexibility index (Phi) is 22.8. The maximum absolute atomic E-state index is 11.2. The first-order valence-corrected chi connectivity index (χ1v) is 2.55. The molecule has 0 rings (SSSR count). The molecule has 0 N–H and O–H groups in total. The summed E-state index contributed by atoms with van der Waals surface area (Å²) in [5.41, 5.74) is 0. The van der Waals surface area contributed by atoms with Crippen LogP contribution in [0.3, 0.4) is 0 Å². The van der Waals surface area contributed by atoms with E-state index in [4.69, 9.17) is 0 Å². The fourth-order valence-corrected chi connectivity index (χ4v) is 0.358. The second kappa shape index (κ2) is 12.2. The van der Waals surface area contributed by atoms with E-state index in [1.807, 2.05) is 6.92 Å². The Hall–Kier alpha value is 1.49. The van der Waals surface area contributed by atoms with Gasteiger partial charge in [-0.25, -0.2) is 0 Å². The summed E-state index contributed by atoms with van der Waals surface area (Å²) < 4.78 is 22.4. The molecule has 0 fully saturated rings. The average Bonchev–Trinajstić information content (AvgIpc) is 1.61. The van der Waals surface area contributed by atoms with E-state index >= 15 is 0 Å². The molecule has 0 amide bonds. The quantitative estimate of drug-likeness (QED) is 0.375. The van der Waals surface area contributed by atoms with Crippen molar-refractivity contribution in [2.45, 2.75) is 26.1 Å². The molecule has 50 valence electrons. The van der Waals surface area contributed by atoms with Crippen molar-refractivity contribution in [1.29, 1.82) is 0 Å². The molecule has 0 nitrogen and oxygen atoms in total. The summed E-state index contributed by atoms with van der Waals surface area (Å²) in [5.74, 6) is 0. The molecule has 0 aromatic rings. The first-order chi connectivity index (χ1) is 3.27. The van der Waals surface area contributed by atoms with Crippen LogP contribution in [-0.2, 0) is 0 Å². The maximum atomic E-state index is 11.2. The van der Waals surface area contributed by atoms with Gasteiger partial charge < -0.3 is 4.70 Å². The summed E-state index contributed by atoms with van der Waals surface area (Å²) >= 11 is 0. The molecule has 5 heteroatoms. The summed E-state index contributed by atoms with van der Waals surface area (Å²) in [7, 11) is -2.10. The number of rotatable bonds is 3. The number of hydrogen-bond donors (Lipinski definition) is 0. The Balaban J connectivity index is -0.000000180. The Morgan fingerprint density at radius 3 is 1.89 bits per heavy atom. The van der Waals surface area contributed by atoms with Gasteiger partial charge in [-0.2, -0.15) is 0 Å². The van der Waals surface area contributed by atoms with Crippen LogP contribution in [0.25, 0.3) is 0 Å². The molecule has 0 saturated carbocycles. The summed E-state index contributed by atoms with van der Waals surface area (Å²) in [6.45, 7) is 1.91. The van der Waals surface area contributed by atoms with Gasteiger partial charge in [0.25, 0.3) is 0 Å². The third kappa shape index (κ3) is 17.7. The van der Waals surface area contributed by atoms with E-state index < -0.39 is 7.27 Å². The van der Waals surface area contributed by atoms with Crippen molar-refractivity contribution in [3.05, 3.63) is 0 Å². The number of hydrogen-bond acceptors (Lipinski definition) is 0. The monoisotopic (exact) mass is 164 g/mol. The first kappa shape index (κ1) is 16.8. The Bertz CT molecular complexity index is 44.8. The van der Waals surface area contributed by atoms with Crippen LogP contribution in [0.15, 0.2) is 0 Å². The van der Waals surface area contributed by atoms with Crippen LogP contribution in [0.5, 0.6) is 0 Å². The average molecular weight is 164 g/mol. The standard InChI is InChI=1S/C4H9BF2.FH.K/c1-2-3-4-5(6)7;;/h2-4H2,1H3;1H;/q;;+1/p-1. The molecule has 0 atom stereocenters. The van der Waals surface area contributed by atoms with Gasteiger partial charge in [0.15, 0.2) is 0 Å². The molecule has 0 aliphatic carbocycles. The van der Waals surface area contributed by atoms with E-state index in [2.05, 4.69) is 0 Å². The van der Waals surface area contributed by atoms with Crippen LogP contribution < -0.4 is 56.1 Å².